The Kier molecular flexibility index (Phi) is 3.84. The Bertz CT molecular complexity index is 940. The van der Waals surface area contributed by atoms with Gasteiger partial charge in [0, 0.05) is 37.4 Å². The molecule has 4 aromatic rings. The summed E-state index contributed by atoms with van der Waals surface area (Å²) in [5, 5.41) is 8.86. The summed E-state index contributed by atoms with van der Waals surface area (Å²) in [6.45, 7) is 1.22. The lowest BCUT2D eigenvalue weighted by Gasteiger charge is -2.09. The van der Waals surface area contributed by atoms with Crippen molar-refractivity contribution < 1.29 is 4.74 Å². The molecule has 0 radical (unpaired) electrons. The summed E-state index contributed by atoms with van der Waals surface area (Å²) >= 11 is 0. The third-order valence-electron chi connectivity index (χ3n) is 3.88. The van der Waals surface area contributed by atoms with Crippen molar-refractivity contribution in [1.82, 2.24) is 24.6 Å². The number of hydrogen-bond acceptors (Lipinski definition) is 5. The van der Waals surface area contributed by atoms with Gasteiger partial charge in [-0.1, -0.05) is 18.2 Å². The number of nitrogens with zero attached hydrogens (tertiary/aromatic N) is 4. The van der Waals surface area contributed by atoms with Crippen molar-refractivity contribution >= 4 is 22.5 Å². The monoisotopic (exact) mass is 322 g/mol. The normalized spacial score (nSPS) is 11.4. The number of fused-ring (bicyclic) bond motifs is 2. The molecule has 0 saturated carbocycles. The van der Waals surface area contributed by atoms with E-state index in [0.717, 1.165) is 30.0 Å². The average molecular weight is 322 g/mol. The minimum Gasteiger partial charge on any atom is -0.378 e. The molecule has 0 aliphatic heterocycles. The van der Waals surface area contributed by atoms with Gasteiger partial charge in [0.25, 0.3) is 5.78 Å². The van der Waals surface area contributed by atoms with Gasteiger partial charge < -0.3 is 15.0 Å². The fourth-order valence-corrected chi connectivity index (χ4v) is 2.80. The number of H-pyrrole nitrogens is 1. The molecule has 1 aromatic carbocycles. The predicted octanol–water partition coefficient (Wildman–Crippen LogP) is 2.41. The minimum absolute atomic E-state index is 0.445. The molecular formula is C17H18N6O. The molecule has 0 unspecified atom stereocenters. The fourth-order valence-electron chi connectivity index (χ4n) is 2.80. The number of methoxy groups -OCH3 is 1. The molecule has 0 saturated heterocycles. The van der Waals surface area contributed by atoms with Gasteiger partial charge in [-0.3, -0.25) is 0 Å². The van der Waals surface area contributed by atoms with Crippen molar-refractivity contribution in [3.63, 3.8) is 0 Å². The number of aromatic nitrogens is 5. The van der Waals surface area contributed by atoms with Crippen LogP contribution in [0.4, 0.5) is 5.82 Å². The van der Waals surface area contributed by atoms with E-state index < -0.39 is 0 Å². The van der Waals surface area contributed by atoms with Crippen molar-refractivity contribution in [2.24, 2.45) is 0 Å². The molecule has 7 heteroatoms. The zero-order chi connectivity index (χ0) is 16.4. The molecule has 4 rings (SSSR count). The van der Waals surface area contributed by atoms with E-state index in [1.54, 1.807) is 11.6 Å². The summed E-state index contributed by atoms with van der Waals surface area (Å²) in [6, 6.07) is 12.4. The number of nitrogens with one attached hydrogen (secondary N) is 2. The quantitative estimate of drug-likeness (QED) is 0.570. The van der Waals surface area contributed by atoms with Gasteiger partial charge in [-0.25, -0.2) is 4.98 Å². The molecule has 0 spiro atoms. The average Bonchev–Trinajstić information content (AvgIpc) is 3.21. The highest BCUT2D eigenvalue weighted by atomic mass is 16.5. The van der Waals surface area contributed by atoms with Crippen LogP contribution in [0.25, 0.3) is 16.7 Å². The second-order valence-corrected chi connectivity index (χ2v) is 5.60. The van der Waals surface area contributed by atoms with E-state index in [-0.39, 0.29) is 0 Å². The van der Waals surface area contributed by atoms with Crippen LogP contribution in [0.15, 0.2) is 42.7 Å². The maximum atomic E-state index is 5.16. The number of benzene rings is 1. The van der Waals surface area contributed by atoms with Crippen LogP contribution < -0.4 is 5.32 Å². The molecule has 122 valence electrons. The first-order valence-corrected chi connectivity index (χ1v) is 7.82. The minimum atomic E-state index is 0.445. The zero-order valence-corrected chi connectivity index (χ0v) is 13.4. The van der Waals surface area contributed by atoms with E-state index in [4.69, 9.17) is 4.74 Å². The molecule has 0 aliphatic rings. The number of aromatic amines is 1. The molecular weight excluding hydrogens is 304 g/mol. The molecule has 0 amide bonds. The summed E-state index contributed by atoms with van der Waals surface area (Å²) in [4.78, 5) is 12.0. The molecule has 0 bridgehead atoms. The SMILES string of the molecule is COCc1cc(NCCc2cc3ccccc3[nH]2)n2ncnc2n1. The van der Waals surface area contributed by atoms with Crippen LogP contribution in [0.5, 0.6) is 0 Å². The van der Waals surface area contributed by atoms with E-state index in [0.29, 0.717) is 12.4 Å². The Labute approximate surface area is 138 Å². The largest absolute Gasteiger partial charge is 0.378 e. The molecule has 2 N–H and O–H groups in total. The van der Waals surface area contributed by atoms with Crippen LogP contribution in [0.1, 0.15) is 11.4 Å². The number of para-hydroxylation sites is 1. The van der Waals surface area contributed by atoms with Crippen LogP contribution in [-0.2, 0) is 17.8 Å². The lowest BCUT2D eigenvalue weighted by atomic mass is 10.2. The summed E-state index contributed by atoms with van der Waals surface area (Å²) in [5.74, 6) is 1.43. The fraction of sp³-hybridized carbons (Fsp3) is 0.235. The highest BCUT2D eigenvalue weighted by Crippen LogP contribution is 2.16. The van der Waals surface area contributed by atoms with Crippen molar-refractivity contribution in [2.75, 3.05) is 19.0 Å². The Hall–Kier alpha value is -2.93. The Morgan fingerprint density at radius 3 is 3.04 bits per heavy atom. The highest BCUT2D eigenvalue weighted by Gasteiger charge is 2.07. The van der Waals surface area contributed by atoms with Crippen molar-refractivity contribution in [3.05, 3.63) is 54.1 Å². The zero-order valence-electron chi connectivity index (χ0n) is 13.4. The predicted molar refractivity (Wildman–Crippen MR) is 92.0 cm³/mol. The number of ether oxygens (including phenoxy) is 1. The molecule has 0 aliphatic carbocycles. The Morgan fingerprint density at radius 2 is 2.17 bits per heavy atom. The maximum absolute atomic E-state index is 5.16. The third kappa shape index (κ3) is 2.81. The summed E-state index contributed by atoms with van der Waals surface area (Å²) in [6.07, 6.45) is 2.38. The van der Waals surface area contributed by atoms with Crippen LogP contribution >= 0.6 is 0 Å². The van der Waals surface area contributed by atoms with E-state index >= 15 is 0 Å². The van der Waals surface area contributed by atoms with Gasteiger partial charge in [-0.2, -0.15) is 14.6 Å². The molecule has 3 heterocycles. The van der Waals surface area contributed by atoms with E-state index in [1.807, 2.05) is 18.2 Å². The second kappa shape index (κ2) is 6.29. The summed E-state index contributed by atoms with van der Waals surface area (Å²) in [5.41, 5.74) is 3.19. The smallest absolute Gasteiger partial charge is 0.254 e. The van der Waals surface area contributed by atoms with E-state index in [1.165, 1.54) is 17.4 Å². The topological polar surface area (TPSA) is 80.1 Å². The number of anilines is 1. The van der Waals surface area contributed by atoms with Crippen molar-refractivity contribution in [3.8, 4) is 0 Å². The number of rotatable bonds is 6. The first-order chi connectivity index (χ1) is 11.8. The first kappa shape index (κ1) is 14.6. The van der Waals surface area contributed by atoms with Crippen molar-refractivity contribution in [1.29, 1.82) is 0 Å². The molecule has 7 nitrogen and oxygen atoms in total. The highest BCUT2D eigenvalue weighted by molar-refractivity contribution is 5.80. The third-order valence-corrected chi connectivity index (χ3v) is 3.88. The maximum Gasteiger partial charge on any atom is 0.254 e. The Morgan fingerprint density at radius 1 is 1.25 bits per heavy atom. The van der Waals surface area contributed by atoms with Crippen LogP contribution in [0.3, 0.4) is 0 Å². The van der Waals surface area contributed by atoms with Gasteiger partial charge >= 0.3 is 0 Å². The van der Waals surface area contributed by atoms with Gasteiger partial charge in [-0.05, 0) is 17.5 Å². The van der Waals surface area contributed by atoms with Gasteiger partial charge in [0.15, 0.2) is 0 Å². The van der Waals surface area contributed by atoms with Gasteiger partial charge in [0.2, 0.25) is 0 Å². The first-order valence-electron chi connectivity index (χ1n) is 7.82. The van der Waals surface area contributed by atoms with Crippen molar-refractivity contribution in [2.45, 2.75) is 13.0 Å². The van der Waals surface area contributed by atoms with Gasteiger partial charge in [-0.15, -0.1) is 0 Å². The van der Waals surface area contributed by atoms with Crippen LogP contribution in [-0.4, -0.2) is 38.2 Å². The second-order valence-electron chi connectivity index (χ2n) is 5.60. The van der Waals surface area contributed by atoms with E-state index in [2.05, 4.69) is 43.6 Å². The molecule has 3 aromatic heterocycles. The molecule has 0 atom stereocenters. The Balaban J connectivity index is 1.50. The lowest BCUT2D eigenvalue weighted by molar-refractivity contribution is 0.181. The van der Waals surface area contributed by atoms with Gasteiger partial charge in [0.1, 0.15) is 12.1 Å². The number of hydrogen-bond donors (Lipinski definition) is 2. The summed E-state index contributed by atoms with van der Waals surface area (Å²) in [7, 11) is 1.65. The van der Waals surface area contributed by atoms with Crippen LogP contribution in [0.2, 0.25) is 0 Å². The summed E-state index contributed by atoms with van der Waals surface area (Å²) < 4.78 is 6.86. The molecule has 0 fully saturated rings. The lowest BCUT2D eigenvalue weighted by Crippen LogP contribution is -2.11. The van der Waals surface area contributed by atoms with E-state index in [9.17, 15) is 0 Å². The van der Waals surface area contributed by atoms with Crippen LogP contribution in [0, 0.1) is 0 Å². The standard InChI is InChI=1S/C17H18N6O/c1-24-10-14-9-16(23-17(22-14)19-11-20-23)18-7-6-13-8-12-4-2-3-5-15(12)21-13/h2-5,8-9,11,18,21H,6-7,10H2,1H3. The van der Waals surface area contributed by atoms with Gasteiger partial charge in [0.05, 0.1) is 12.3 Å². The molecule has 24 heavy (non-hydrogen) atoms.